The normalized spacial score (nSPS) is 21.7. The molecule has 2 aliphatic rings. The molecule has 1 saturated heterocycles. The highest BCUT2D eigenvalue weighted by molar-refractivity contribution is 7.87. The Morgan fingerprint density at radius 3 is 2.70 bits per heavy atom. The van der Waals surface area contributed by atoms with Crippen molar-refractivity contribution in [1.82, 2.24) is 18.9 Å². The molecule has 0 amide bonds. The summed E-state index contributed by atoms with van der Waals surface area (Å²) in [6.07, 6.45) is 4.44. The largest absolute Gasteiger partial charge is 0.296 e. The molecule has 1 atom stereocenters. The van der Waals surface area contributed by atoms with Gasteiger partial charge in [0.1, 0.15) is 0 Å². The number of nitrogens with one attached hydrogen (secondary N) is 1. The minimum absolute atomic E-state index is 0.0513. The second kappa shape index (κ2) is 8.06. The van der Waals surface area contributed by atoms with Gasteiger partial charge < -0.3 is 0 Å². The fraction of sp³-hybridized carbons (Fsp3) is 0.450. The second-order valence-corrected chi connectivity index (χ2v) is 9.07. The first kappa shape index (κ1) is 18.6. The van der Waals surface area contributed by atoms with Crippen molar-refractivity contribution in [2.24, 2.45) is 0 Å². The molecule has 144 valence electrons. The van der Waals surface area contributed by atoms with E-state index in [9.17, 15) is 8.42 Å². The van der Waals surface area contributed by atoms with E-state index in [-0.39, 0.29) is 6.04 Å². The molecule has 0 spiro atoms. The average Bonchev–Trinajstić information content (AvgIpc) is 2.68. The Balaban J connectivity index is 1.38. The van der Waals surface area contributed by atoms with E-state index in [0.717, 1.165) is 50.2 Å². The van der Waals surface area contributed by atoms with Gasteiger partial charge in [-0.3, -0.25) is 9.88 Å². The summed E-state index contributed by atoms with van der Waals surface area (Å²) < 4.78 is 30.3. The molecule has 0 saturated carbocycles. The van der Waals surface area contributed by atoms with Crippen LogP contribution in [-0.4, -0.2) is 48.3 Å². The maximum Gasteiger partial charge on any atom is 0.280 e. The molecule has 0 radical (unpaired) electrons. The highest BCUT2D eigenvalue weighted by Gasteiger charge is 2.30. The van der Waals surface area contributed by atoms with Crippen LogP contribution in [0.4, 0.5) is 0 Å². The lowest BCUT2D eigenvalue weighted by Crippen LogP contribution is -2.52. The first-order chi connectivity index (χ1) is 13.1. The van der Waals surface area contributed by atoms with Gasteiger partial charge in [0.25, 0.3) is 10.2 Å². The summed E-state index contributed by atoms with van der Waals surface area (Å²) in [5.74, 6) is 0. The first-order valence-electron chi connectivity index (χ1n) is 9.56. The molecule has 1 fully saturated rings. The molecule has 27 heavy (non-hydrogen) atoms. The molecule has 6 nitrogen and oxygen atoms in total. The predicted octanol–water partition coefficient (Wildman–Crippen LogP) is 1.94. The monoisotopic (exact) mass is 386 g/mol. The Morgan fingerprint density at radius 1 is 1.07 bits per heavy atom. The number of benzene rings is 1. The SMILES string of the molecule is O=S(=O)(NC1CCCN(Cc2ccccn2)C1)N1CCc2ccccc2C1. The molecule has 0 bridgehead atoms. The van der Waals surface area contributed by atoms with Crippen LogP contribution >= 0.6 is 0 Å². The van der Waals surface area contributed by atoms with Gasteiger partial charge in [0.2, 0.25) is 0 Å². The lowest BCUT2D eigenvalue weighted by Gasteiger charge is -2.35. The van der Waals surface area contributed by atoms with Gasteiger partial charge in [0, 0.05) is 38.4 Å². The molecule has 1 N–H and O–H groups in total. The van der Waals surface area contributed by atoms with Crippen LogP contribution in [0.3, 0.4) is 0 Å². The van der Waals surface area contributed by atoms with E-state index in [1.807, 2.05) is 36.4 Å². The van der Waals surface area contributed by atoms with Crippen LogP contribution < -0.4 is 4.72 Å². The summed E-state index contributed by atoms with van der Waals surface area (Å²) in [6.45, 7) is 3.45. The van der Waals surface area contributed by atoms with E-state index < -0.39 is 10.2 Å². The predicted molar refractivity (Wildman–Crippen MR) is 105 cm³/mol. The Morgan fingerprint density at radius 2 is 1.89 bits per heavy atom. The lowest BCUT2D eigenvalue weighted by molar-refractivity contribution is 0.191. The maximum absolute atomic E-state index is 12.9. The topological polar surface area (TPSA) is 65.5 Å². The first-order valence-corrected chi connectivity index (χ1v) is 11.0. The molecule has 0 aliphatic carbocycles. The van der Waals surface area contributed by atoms with E-state index in [1.165, 1.54) is 5.56 Å². The lowest BCUT2D eigenvalue weighted by atomic mass is 10.0. The Labute approximate surface area is 161 Å². The quantitative estimate of drug-likeness (QED) is 0.853. The van der Waals surface area contributed by atoms with Crippen molar-refractivity contribution in [2.45, 2.75) is 38.4 Å². The molecule has 4 rings (SSSR count). The van der Waals surface area contributed by atoms with Crippen LogP contribution in [-0.2, 0) is 29.7 Å². The minimum atomic E-state index is -3.48. The van der Waals surface area contributed by atoms with Crippen LogP contribution in [0.1, 0.15) is 29.7 Å². The second-order valence-electron chi connectivity index (χ2n) is 7.37. The number of pyridine rings is 1. The smallest absolute Gasteiger partial charge is 0.280 e. The maximum atomic E-state index is 12.9. The van der Waals surface area contributed by atoms with E-state index in [4.69, 9.17) is 0 Å². The third-order valence-electron chi connectivity index (χ3n) is 5.37. The van der Waals surface area contributed by atoms with Crippen LogP contribution in [0.2, 0.25) is 0 Å². The molecule has 1 unspecified atom stereocenters. The number of hydrogen-bond donors (Lipinski definition) is 1. The van der Waals surface area contributed by atoms with Crippen molar-refractivity contribution < 1.29 is 8.42 Å². The molecule has 2 aliphatic heterocycles. The number of nitrogens with zero attached hydrogens (tertiary/aromatic N) is 3. The third-order valence-corrected chi connectivity index (χ3v) is 6.99. The Bertz CT molecular complexity index is 873. The van der Waals surface area contributed by atoms with Gasteiger partial charge in [0.05, 0.1) is 5.69 Å². The zero-order valence-corrected chi connectivity index (χ0v) is 16.2. The molecule has 7 heteroatoms. The standard InChI is InChI=1S/C20H26N4O2S/c25-27(26,24-13-10-17-6-1-2-7-18(17)14-24)22-20-9-5-12-23(16-20)15-19-8-3-4-11-21-19/h1-4,6-8,11,20,22H,5,9-10,12-16H2. The van der Waals surface area contributed by atoms with Gasteiger partial charge in [-0.1, -0.05) is 30.3 Å². The summed E-state index contributed by atoms with van der Waals surface area (Å²) in [7, 11) is -3.48. The van der Waals surface area contributed by atoms with Crippen molar-refractivity contribution in [1.29, 1.82) is 0 Å². The van der Waals surface area contributed by atoms with Crippen LogP contribution in [0.25, 0.3) is 0 Å². The van der Waals surface area contributed by atoms with Crippen LogP contribution in [0.15, 0.2) is 48.7 Å². The van der Waals surface area contributed by atoms with Crippen molar-refractivity contribution in [3.63, 3.8) is 0 Å². The summed E-state index contributed by atoms with van der Waals surface area (Å²) in [5, 5.41) is 0. The minimum Gasteiger partial charge on any atom is -0.296 e. The van der Waals surface area contributed by atoms with Gasteiger partial charge >= 0.3 is 0 Å². The van der Waals surface area contributed by atoms with Crippen LogP contribution in [0, 0.1) is 0 Å². The summed E-state index contributed by atoms with van der Waals surface area (Å²) >= 11 is 0. The summed E-state index contributed by atoms with van der Waals surface area (Å²) in [6, 6.07) is 13.9. The number of piperidine rings is 1. The van der Waals surface area contributed by atoms with Crippen molar-refractivity contribution >= 4 is 10.2 Å². The molecular formula is C20H26N4O2S. The summed E-state index contributed by atoms with van der Waals surface area (Å²) in [5.41, 5.74) is 3.38. The molecule has 2 aromatic rings. The van der Waals surface area contributed by atoms with Gasteiger partial charge in [-0.25, -0.2) is 0 Å². The fourth-order valence-electron chi connectivity index (χ4n) is 3.98. The number of aromatic nitrogens is 1. The van der Waals surface area contributed by atoms with Crippen molar-refractivity contribution in [3.05, 3.63) is 65.5 Å². The van der Waals surface area contributed by atoms with E-state index in [2.05, 4.69) is 20.7 Å². The zero-order valence-electron chi connectivity index (χ0n) is 15.4. The number of likely N-dealkylation sites (tertiary alicyclic amines) is 1. The third kappa shape index (κ3) is 4.55. The van der Waals surface area contributed by atoms with E-state index >= 15 is 0 Å². The van der Waals surface area contributed by atoms with Gasteiger partial charge in [-0.15, -0.1) is 0 Å². The van der Waals surface area contributed by atoms with Gasteiger partial charge in [0.15, 0.2) is 0 Å². The van der Waals surface area contributed by atoms with Crippen LogP contribution in [0.5, 0.6) is 0 Å². The van der Waals surface area contributed by atoms with Crippen molar-refractivity contribution in [3.8, 4) is 0 Å². The number of fused-ring (bicyclic) bond motifs is 1. The highest BCUT2D eigenvalue weighted by atomic mass is 32.2. The molecular weight excluding hydrogens is 360 g/mol. The Hall–Kier alpha value is -1.80. The van der Waals surface area contributed by atoms with Gasteiger partial charge in [-0.05, 0) is 49.1 Å². The average molecular weight is 387 g/mol. The van der Waals surface area contributed by atoms with E-state index in [1.54, 1.807) is 10.5 Å². The molecule has 1 aromatic carbocycles. The van der Waals surface area contributed by atoms with E-state index in [0.29, 0.717) is 13.1 Å². The number of hydrogen-bond acceptors (Lipinski definition) is 4. The number of rotatable bonds is 5. The molecule has 3 heterocycles. The Kier molecular flexibility index (Phi) is 5.54. The van der Waals surface area contributed by atoms with Crippen molar-refractivity contribution in [2.75, 3.05) is 19.6 Å². The molecule has 1 aromatic heterocycles. The zero-order chi connectivity index (χ0) is 18.7. The fourth-order valence-corrected chi connectivity index (χ4v) is 5.38. The highest BCUT2D eigenvalue weighted by Crippen LogP contribution is 2.21. The van der Waals surface area contributed by atoms with Gasteiger partial charge in [-0.2, -0.15) is 17.4 Å². The summed E-state index contributed by atoms with van der Waals surface area (Å²) in [4.78, 5) is 6.66.